The van der Waals surface area contributed by atoms with Gasteiger partial charge in [0.15, 0.2) is 5.69 Å². The third-order valence-corrected chi connectivity index (χ3v) is 3.70. The van der Waals surface area contributed by atoms with Crippen LogP contribution in [-0.2, 0) is 6.54 Å². The number of hydrogen-bond donors (Lipinski definition) is 3. The van der Waals surface area contributed by atoms with Crippen LogP contribution in [-0.4, -0.2) is 32.5 Å². The van der Waals surface area contributed by atoms with E-state index < -0.39 is 17.4 Å². The summed E-state index contributed by atoms with van der Waals surface area (Å²) in [6.07, 6.45) is 0.194. The molecule has 0 fully saturated rings. The predicted molar refractivity (Wildman–Crippen MR) is 91.1 cm³/mol. The molecule has 2 rings (SSSR count). The molecule has 0 spiro atoms. The minimum absolute atomic E-state index is 0.00956. The standard InChI is InChI=1S/C17H16N4O5/c1-10-12(9-18)15(23)21(7-4-8-22)16(24)14(10)20-19-13-6-3-2-5-11(13)17(25)26/h2-3,5-6,22-23H,4,7-8H2,1H3,(H,25,26). The second kappa shape index (κ2) is 8.04. The summed E-state index contributed by atoms with van der Waals surface area (Å²) in [5.74, 6) is -1.70. The number of rotatable bonds is 6. The Labute approximate surface area is 148 Å². The summed E-state index contributed by atoms with van der Waals surface area (Å²) in [6, 6.07) is 7.69. The highest BCUT2D eigenvalue weighted by Crippen LogP contribution is 2.27. The summed E-state index contributed by atoms with van der Waals surface area (Å²) >= 11 is 0. The topological polar surface area (TPSA) is 148 Å². The van der Waals surface area contributed by atoms with Crippen molar-refractivity contribution in [2.24, 2.45) is 10.2 Å². The van der Waals surface area contributed by atoms with Gasteiger partial charge < -0.3 is 15.3 Å². The number of hydrogen-bond acceptors (Lipinski definition) is 7. The first-order valence-corrected chi connectivity index (χ1v) is 7.63. The number of aliphatic hydroxyl groups excluding tert-OH is 1. The van der Waals surface area contributed by atoms with Crippen molar-refractivity contribution in [3.63, 3.8) is 0 Å². The zero-order chi connectivity index (χ0) is 19.3. The molecule has 9 heteroatoms. The van der Waals surface area contributed by atoms with E-state index in [4.69, 9.17) is 10.2 Å². The summed E-state index contributed by atoms with van der Waals surface area (Å²) in [6.45, 7) is 1.22. The van der Waals surface area contributed by atoms with Crippen LogP contribution in [0.5, 0.6) is 5.88 Å². The highest BCUT2D eigenvalue weighted by atomic mass is 16.4. The summed E-state index contributed by atoms with van der Waals surface area (Å²) < 4.78 is 0.930. The predicted octanol–water partition coefficient (Wildman–Crippen LogP) is 2.23. The molecule has 0 unspecified atom stereocenters. The van der Waals surface area contributed by atoms with Crippen LogP contribution < -0.4 is 5.56 Å². The monoisotopic (exact) mass is 356 g/mol. The maximum absolute atomic E-state index is 12.6. The molecule has 0 saturated carbocycles. The lowest BCUT2D eigenvalue weighted by Crippen LogP contribution is -2.22. The van der Waals surface area contributed by atoms with E-state index in [0.717, 1.165) is 4.57 Å². The van der Waals surface area contributed by atoms with Gasteiger partial charge in [-0.3, -0.25) is 9.36 Å². The summed E-state index contributed by atoms with van der Waals surface area (Å²) in [5, 5.41) is 45.1. The van der Waals surface area contributed by atoms with E-state index in [1.165, 1.54) is 25.1 Å². The number of pyridine rings is 1. The van der Waals surface area contributed by atoms with Crippen LogP contribution in [0.3, 0.4) is 0 Å². The fraction of sp³-hybridized carbons (Fsp3) is 0.235. The van der Waals surface area contributed by atoms with Gasteiger partial charge in [-0.2, -0.15) is 5.26 Å². The van der Waals surface area contributed by atoms with Crippen LogP contribution in [0.2, 0.25) is 0 Å². The number of azo groups is 1. The molecule has 0 amide bonds. The van der Waals surface area contributed by atoms with E-state index in [9.17, 15) is 20.0 Å². The van der Waals surface area contributed by atoms with Crippen LogP contribution in [0, 0.1) is 18.3 Å². The average Bonchev–Trinajstić information content (AvgIpc) is 2.62. The molecule has 0 bridgehead atoms. The molecule has 0 saturated heterocycles. The van der Waals surface area contributed by atoms with Crippen molar-refractivity contribution in [2.75, 3.05) is 6.61 Å². The van der Waals surface area contributed by atoms with E-state index in [1.54, 1.807) is 6.07 Å². The van der Waals surface area contributed by atoms with Crippen molar-refractivity contribution in [2.45, 2.75) is 19.9 Å². The molecule has 1 aromatic carbocycles. The van der Waals surface area contributed by atoms with Gasteiger partial charge in [-0.1, -0.05) is 12.1 Å². The van der Waals surface area contributed by atoms with E-state index in [1.807, 2.05) is 6.07 Å². The largest absolute Gasteiger partial charge is 0.493 e. The highest BCUT2D eigenvalue weighted by molar-refractivity contribution is 5.93. The van der Waals surface area contributed by atoms with E-state index in [-0.39, 0.29) is 47.6 Å². The maximum atomic E-state index is 12.6. The molecule has 0 aliphatic heterocycles. The lowest BCUT2D eigenvalue weighted by Gasteiger charge is -2.12. The highest BCUT2D eigenvalue weighted by Gasteiger charge is 2.19. The minimum atomic E-state index is -1.19. The van der Waals surface area contributed by atoms with E-state index >= 15 is 0 Å². The van der Waals surface area contributed by atoms with Crippen molar-refractivity contribution in [3.05, 3.63) is 51.3 Å². The number of nitrogens with zero attached hydrogens (tertiary/aromatic N) is 4. The zero-order valence-electron chi connectivity index (χ0n) is 13.9. The fourth-order valence-electron chi connectivity index (χ4n) is 2.34. The lowest BCUT2D eigenvalue weighted by molar-refractivity contribution is 0.0697. The Bertz CT molecular complexity index is 972. The minimum Gasteiger partial charge on any atom is -0.493 e. The lowest BCUT2D eigenvalue weighted by atomic mass is 10.1. The number of nitriles is 1. The number of aromatic carboxylic acids is 1. The van der Waals surface area contributed by atoms with Gasteiger partial charge in [0.1, 0.15) is 17.3 Å². The first-order valence-electron chi connectivity index (χ1n) is 7.63. The Hall–Kier alpha value is -3.51. The quantitative estimate of drug-likeness (QED) is 0.676. The van der Waals surface area contributed by atoms with Crippen LogP contribution in [0.1, 0.15) is 27.9 Å². The Kier molecular flexibility index (Phi) is 5.82. The molecule has 3 N–H and O–H groups in total. The second-order valence-electron chi connectivity index (χ2n) is 5.34. The number of aromatic hydroxyl groups is 1. The van der Waals surface area contributed by atoms with Crippen molar-refractivity contribution in [3.8, 4) is 11.9 Å². The third kappa shape index (κ3) is 3.60. The van der Waals surface area contributed by atoms with Crippen molar-refractivity contribution in [1.29, 1.82) is 5.26 Å². The van der Waals surface area contributed by atoms with Gasteiger partial charge in [-0.25, -0.2) is 4.79 Å². The van der Waals surface area contributed by atoms with Crippen LogP contribution in [0.4, 0.5) is 11.4 Å². The number of carbonyl (C=O) groups is 1. The molecule has 1 aromatic heterocycles. The Morgan fingerprint density at radius 3 is 2.62 bits per heavy atom. The second-order valence-corrected chi connectivity index (χ2v) is 5.34. The molecular formula is C17H16N4O5. The zero-order valence-corrected chi connectivity index (χ0v) is 13.9. The summed E-state index contributed by atoms with van der Waals surface area (Å²) in [5.41, 5.74) is -0.919. The molecule has 26 heavy (non-hydrogen) atoms. The molecule has 2 aromatic rings. The molecule has 0 aliphatic carbocycles. The van der Waals surface area contributed by atoms with Gasteiger partial charge in [0.2, 0.25) is 5.88 Å². The van der Waals surface area contributed by atoms with Crippen LogP contribution in [0.25, 0.3) is 0 Å². The van der Waals surface area contributed by atoms with Gasteiger partial charge in [0.05, 0.1) is 5.56 Å². The Balaban J connectivity index is 2.62. The number of carboxylic acids is 1. The fourth-order valence-corrected chi connectivity index (χ4v) is 2.34. The van der Waals surface area contributed by atoms with E-state index in [2.05, 4.69) is 10.2 Å². The van der Waals surface area contributed by atoms with Crippen molar-refractivity contribution < 1.29 is 20.1 Å². The van der Waals surface area contributed by atoms with Crippen LogP contribution >= 0.6 is 0 Å². The average molecular weight is 356 g/mol. The molecule has 9 nitrogen and oxygen atoms in total. The molecule has 0 aliphatic rings. The molecule has 0 atom stereocenters. The normalized spacial score (nSPS) is 10.8. The third-order valence-electron chi connectivity index (χ3n) is 3.70. The molecule has 134 valence electrons. The first-order chi connectivity index (χ1) is 12.4. The van der Waals surface area contributed by atoms with Crippen molar-refractivity contribution in [1.82, 2.24) is 4.57 Å². The molecule has 1 heterocycles. The Morgan fingerprint density at radius 2 is 2.00 bits per heavy atom. The number of aromatic nitrogens is 1. The number of carboxylic acid groups (broad SMARTS) is 1. The molecular weight excluding hydrogens is 340 g/mol. The van der Waals surface area contributed by atoms with E-state index in [0.29, 0.717) is 0 Å². The van der Waals surface area contributed by atoms with Gasteiger partial charge in [-0.05, 0) is 25.5 Å². The first kappa shape index (κ1) is 18.8. The summed E-state index contributed by atoms with van der Waals surface area (Å²) in [7, 11) is 0. The SMILES string of the molecule is Cc1c(C#N)c(O)n(CCCO)c(=O)c1N=Nc1ccccc1C(=O)O. The van der Waals surface area contributed by atoms with Crippen LogP contribution in [0.15, 0.2) is 39.3 Å². The van der Waals surface area contributed by atoms with Gasteiger partial charge >= 0.3 is 5.97 Å². The smallest absolute Gasteiger partial charge is 0.337 e. The number of aliphatic hydroxyl groups is 1. The van der Waals surface area contributed by atoms with Crippen molar-refractivity contribution >= 4 is 17.3 Å². The van der Waals surface area contributed by atoms with Gasteiger partial charge in [-0.15, -0.1) is 10.2 Å². The maximum Gasteiger partial charge on any atom is 0.337 e. The van der Waals surface area contributed by atoms with Gasteiger partial charge in [0.25, 0.3) is 5.56 Å². The number of benzene rings is 1. The van der Waals surface area contributed by atoms with Gasteiger partial charge in [0, 0.05) is 18.7 Å². The Morgan fingerprint density at radius 1 is 1.31 bits per heavy atom. The molecule has 0 radical (unpaired) electrons. The summed E-state index contributed by atoms with van der Waals surface area (Å²) in [4.78, 5) is 23.8.